The molecule has 1 rings (SSSR count). The third-order valence-electron chi connectivity index (χ3n) is 3.10. The fourth-order valence-electron chi connectivity index (χ4n) is 1.80. The van der Waals surface area contributed by atoms with Gasteiger partial charge in [0.05, 0.1) is 13.2 Å². The van der Waals surface area contributed by atoms with E-state index in [2.05, 4.69) is 10.6 Å². The van der Waals surface area contributed by atoms with Crippen molar-refractivity contribution >= 4 is 5.91 Å². The van der Waals surface area contributed by atoms with Crippen LogP contribution in [-0.2, 0) is 4.79 Å². The lowest BCUT2D eigenvalue weighted by Gasteiger charge is -2.18. The van der Waals surface area contributed by atoms with Crippen LogP contribution in [0.15, 0.2) is 24.3 Å². The molecule has 0 fully saturated rings. The summed E-state index contributed by atoms with van der Waals surface area (Å²) in [4.78, 5) is 12.0. The Morgan fingerprint density at radius 2 is 2.11 bits per heavy atom. The van der Waals surface area contributed by atoms with Crippen molar-refractivity contribution in [3.63, 3.8) is 0 Å². The largest absolute Gasteiger partial charge is 0.497 e. The Morgan fingerprint density at radius 1 is 1.37 bits per heavy atom. The molecule has 2 N–H and O–H groups in total. The third-order valence-corrected chi connectivity index (χ3v) is 3.10. The van der Waals surface area contributed by atoms with E-state index in [4.69, 9.17) is 4.74 Å². The van der Waals surface area contributed by atoms with Gasteiger partial charge in [0.2, 0.25) is 5.91 Å². The molecule has 0 bridgehead atoms. The maximum absolute atomic E-state index is 12.0. The molecule has 0 aliphatic rings. The van der Waals surface area contributed by atoms with Gasteiger partial charge in [-0.1, -0.05) is 26.0 Å². The van der Waals surface area contributed by atoms with Crippen LogP contribution in [0.4, 0.5) is 0 Å². The fraction of sp³-hybridized carbons (Fsp3) is 0.533. The Hall–Kier alpha value is -1.55. The molecule has 4 heteroatoms. The normalized spacial score (nSPS) is 13.7. The summed E-state index contributed by atoms with van der Waals surface area (Å²) in [5.41, 5.74) is 1.04. The van der Waals surface area contributed by atoms with Crippen molar-refractivity contribution in [3.8, 4) is 5.75 Å². The Balaban J connectivity index is 2.58. The molecule has 2 atom stereocenters. The first-order valence-electron chi connectivity index (χ1n) is 6.73. The van der Waals surface area contributed by atoms with Gasteiger partial charge >= 0.3 is 0 Å². The minimum absolute atomic E-state index is 0.0216. The topological polar surface area (TPSA) is 50.4 Å². The van der Waals surface area contributed by atoms with Crippen LogP contribution < -0.4 is 15.4 Å². The number of rotatable bonds is 7. The molecule has 0 saturated carbocycles. The number of nitrogens with one attached hydrogen (secondary N) is 2. The minimum atomic E-state index is -0.0343. The van der Waals surface area contributed by atoms with Gasteiger partial charge in [-0.25, -0.2) is 0 Å². The molecule has 0 heterocycles. The SMILES string of the molecule is CCNCC(C)C(=O)N[C@@H](C)c1cccc(OC)c1. The van der Waals surface area contributed by atoms with Gasteiger partial charge in [-0.05, 0) is 31.2 Å². The number of amides is 1. The van der Waals surface area contributed by atoms with Crippen LogP contribution in [0.5, 0.6) is 5.75 Å². The quantitative estimate of drug-likeness (QED) is 0.793. The van der Waals surface area contributed by atoms with Gasteiger partial charge in [-0.15, -0.1) is 0 Å². The zero-order valence-corrected chi connectivity index (χ0v) is 12.2. The van der Waals surface area contributed by atoms with Gasteiger partial charge in [0.1, 0.15) is 5.75 Å². The predicted octanol–water partition coefficient (Wildman–Crippen LogP) is 2.12. The summed E-state index contributed by atoms with van der Waals surface area (Å²) >= 11 is 0. The molecule has 1 aromatic rings. The summed E-state index contributed by atoms with van der Waals surface area (Å²) in [6.45, 7) is 7.52. The molecule has 0 aromatic heterocycles. The smallest absolute Gasteiger partial charge is 0.224 e. The highest BCUT2D eigenvalue weighted by atomic mass is 16.5. The van der Waals surface area contributed by atoms with Crippen LogP contribution in [0.1, 0.15) is 32.4 Å². The van der Waals surface area contributed by atoms with Gasteiger partial charge < -0.3 is 15.4 Å². The van der Waals surface area contributed by atoms with Crippen LogP contribution in [0, 0.1) is 5.92 Å². The molecule has 0 aliphatic carbocycles. The van der Waals surface area contributed by atoms with Crippen LogP contribution in [0.3, 0.4) is 0 Å². The Kier molecular flexibility index (Phi) is 6.36. The molecule has 1 unspecified atom stereocenters. The summed E-state index contributed by atoms with van der Waals surface area (Å²) in [6, 6.07) is 7.74. The van der Waals surface area contributed by atoms with E-state index in [9.17, 15) is 4.79 Å². The van der Waals surface area contributed by atoms with Gasteiger partial charge in [0.25, 0.3) is 0 Å². The predicted molar refractivity (Wildman–Crippen MR) is 77.3 cm³/mol. The number of carbonyl (C=O) groups excluding carboxylic acids is 1. The summed E-state index contributed by atoms with van der Waals surface area (Å²) in [5.74, 6) is 0.837. The molecular formula is C15H24N2O2. The number of hydrogen-bond acceptors (Lipinski definition) is 3. The van der Waals surface area contributed by atoms with Crippen molar-refractivity contribution in [1.82, 2.24) is 10.6 Å². The maximum atomic E-state index is 12.0. The lowest BCUT2D eigenvalue weighted by Crippen LogP contribution is -2.36. The maximum Gasteiger partial charge on any atom is 0.224 e. The summed E-state index contributed by atoms with van der Waals surface area (Å²) in [7, 11) is 1.64. The van der Waals surface area contributed by atoms with E-state index < -0.39 is 0 Å². The highest BCUT2D eigenvalue weighted by Crippen LogP contribution is 2.18. The van der Waals surface area contributed by atoms with E-state index in [1.807, 2.05) is 45.0 Å². The van der Waals surface area contributed by atoms with Gasteiger partial charge in [0, 0.05) is 12.5 Å². The van der Waals surface area contributed by atoms with Crippen molar-refractivity contribution in [2.45, 2.75) is 26.8 Å². The molecule has 0 aliphatic heterocycles. The third kappa shape index (κ3) is 4.91. The minimum Gasteiger partial charge on any atom is -0.497 e. The lowest BCUT2D eigenvalue weighted by atomic mass is 10.1. The molecule has 4 nitrogen and oxygen atoms in total. The van der Waals surface area contributed by atoms with Crippen molar-refractivity contribution in [3.05, 3.63) is 29.8 Å². The Bertz CT molecular complexity index is 407. The number of methoxy groups -OCH3 is 1. The molecule has 0 spiro atoms. The van der Waals surface area contributed by atoms with E-state index in [-0.39, 0.29) is 17.9 Å². The molecule has 1 amide bonds. The van der Waals surface area contributed by atoms with Crippen molar-refractivity contribution in [1.29, 1.82) is 0 Å². The molecule has 106 valence electrons. The number of ether oxygens (including phenoxy) is 1. The fourth-order valence-corrected chi connectivity index (χ4v) is 1.80. The summed E-state index contributed by atoms with van der Waals surface area (Å²) in [5, 5.41) is 6.20. The molecule has 0 saturated heterocycles. The molecule has 0 radical (unpaired) electrons. The standard InChI is InChI=1S/C15H24N2O2/c1-5-16-10-11(2)15(18)17-12(3)13-7-6-8-14(9-13)19-4/h6-9,11-12,16H,5,10H2,1-4H3,(H,17,18)/t11?,12-/m0/s1. The first-order valence-corrected chi connectivity index (χ1v) is 6.73. The van der Waals surface area contributed by atoms with Gasteiger partial charge in [-0.3, -0.25) is 4.79 Å². The second-order valence-electron chi connectivity index (χ2n) is 4.72. The van der Waals surface area contributed by atoms with E-state index in [0.29, 0.717) is 6.54 Å². The lowest BCUT2D eigenvalue weighted by molar-refractivity contribution is -0.125. The first kappa shape index (κ1) is 15.5. The second kappa shape index (κ2) is 7.79. The van der Waals surface area contributed by atoms with Crippen molar-refractivity contribution in [2.24, 2.45) is 5.92 Å². The van der Waals surface area contributed by atoms with E-state index in [1.54, 1.807) is 7.11 Å². The summed E-state index contributed by atoms with van der Waals surface area (Å²) in [6.07, 6.45) is 0. The summed E-state index contributed by atoms with van der Waals surface area (Å²) < 4.78 is 5.19. The van der Waals surface area contributed by atoms with Crippen LogP contribution >= 0.6 is 0 Å². The average Bonchev–Trinajstić information content (AvgIpc) is 2.44. The van der Waals surface area contributed by atoms with Crippen LogP contribution in [0.25, 0.3) is 0 Å². The van der Waals surface area contributed by atoms with E-state index >= 15 is 0 Å². The van der Waals surface area contributed by atoms with E-state index in [0.717, 1.165) is 17.9 Å². The number of benzene rings is 1. The highest BCUT2D eigenvalue weighted by Gasteiger charge is 2.15. The zero-order chi connectivity index (χ0) is 14.3. The average molecular weight is 264 g/mol. The van der Waals surface area contributed by atoms with E-state index in [1.165, 1.54) is 0 Å². The highest BCUT2D eigenvalue weighted by molar-refractivity contribution is 5.78. The molecule has 1 aromatic carbocycles. The number of hydrogen-bond donors (Lipinski definition) is 2. The van der Waals surface area contributed by atoms with Crippen LogP contribution in [0.2, 0.25) is 0 Å². The Labute approximate surface area is 115 Å². The van der Waals surface area contributed by atoms with Crippen LogP contribution in [-0.4, -0.2) is 26.1 Å². The second-order valence-corrected chi connectivity index (χ2v) is 4.72. The zero-order valence-electron chi connectivity index (χ0n) is 12.2. The van der Waals surface area contributed by atoms with Gasteiger partial charge in [-0.2, -0.15) is 0 Å². The first-order chi connectivity index (χ1) is 9.08. The van der Waals surface area contributed by atoms with Crippen molar-refractivity contribution in [2.75, 3.05) is 20.2 Å². The van der Waals surface area contributed by atoms with Crippen molar-refractivity contribution < 1.29 is 9.53 Å². The molecule has 19 heavy (non-hydrogen) atoms. The Morgan fingerprint density at radius 3 is 2.74 bits per heavy atom. The number of carbonyl (C=O) groups is 1. The molecular weight excluding hydrogens is 240 g/mol. The monoisotopic (exact) mass is 264 g/mol. The van der Waals surface area contributed by atoms with Gasteiger partial charge in [0.15, 0.2) is 0 Å².